The van der Waals surface area contributed by atoms with Gasteiger partial charge in [0.2, 0.25) is 0 Å². The van der Waals surface area contributed by atoms with Gasteiger partial charge in [-0.25, -0.2) is 9.37 Å². The minimum Gasteiger partial charge on any atom is -0.507 e. The van der Waals surface area contributed by atoms with Gasteiger partial charge in [-0.2, -0.15) is 0 Å². The normalized spacial score (nSPS) is 21.8. The number of carbonyl (C=O) groups is 1. The molecule has 0 spiro atoms. The summed E-state index contributed by atoms with van der Waals surface area (Å²) in [7, 11) is 1.93. The summed E-state index contributed by atoms with van der Waals surface area (Å²) in [6.07, 6.45) is 10.5. The number of pyridine rings is 1. The van der Waals surface area contributed by atoms with E-state index in [0.717, 1.165) is 54.0 Å². The summed E-state index contributed by atoms with van der Waals surface area (Å²) in [5.41, 5.74) is 25.8. The highest BCUT2D eigenvalue weighted by atomic mass is 19.1. The summed E-state index contributed by atoms with van der Waals surface area (Å²) < 4.78 is 25.3. The van der Waals surface area contributed by atoms with Gasteiger partial charge in [0.1, 0.15) is 29.0 Å². The van der Waals surface area contributed by atoms with Crippen molar-refractivity contribution in [2.45, 2.75) is 89.1 Å². The van der Waals surface area contributed by atoms with E-state index in [0.29, 0.717) is 80.0 Å². The second-order valence-corrected chi connectivity index (χ2v) is 17.4. The topological polar surface area (TPSA) is 164 Å². The van der Waals surface area contributed by atoms with Gasteiger partial charge >= 0.3 is 0 Å². The molecule has 2 aromatic heterocycles. The number of ether oxygens (including phenoxy) is 1. The molecule has 1 amide bonds. The number of rotatable bonds is 10. The third-order valence-corrected chi connectivity index (χ3v) is 13.0. The molecule has 12 nitrogen and oxygen atoms in total. The summed E-state index contributed by atoms with van der Waals surface area (Å²) >= 11 is 0. The van der Waals surface area contributed by atoms with E-state index in [2.05, 4.69) is 31.9 Å². The summed E-state index contributed by atoms with van der Waals surface area (Å²) in [5, 5.41) is 14.9. The number of anilines is 1. The Balaban J connectivity index is 0.881. The van der Waals surface area contributed by atoms with Crippen LogP contribution < -0.4 is 22.5 Å². The summed E-state index contributed by atoms with van der Waals surface area (Å²) in [5.74, 6) is 0.749. The van der Waals surface area contributed by atoms with E-state index in [-0.39, 0.29) is 29.7 Å². The maximum Gasteiger partial charge on any atom is 0.254 e. The SMILES string of the molecule is CNc1cnc2c(c1)c(C1CC1)cn2C1CCN(CC2(F)CCN(C(=O)c3cc(C)c(C4CN(C(/C=C(\N)c5ccccc5O)=C(N)N)CC(C)O4)cc3C)CC2)CC1. The van der Waals surface area contributed by atoms with Crippen LogP contribution in [0, 0.1) is 13.8 Å². The largest absolute Gasteiger partial charge is 0.507 e. The number of carbonyl (C=O) groups excluding carboxylic acids is 1. The number of phenolic OH excluding ortho intramolecular Hbond substituents is 1. The van der Waals surface area contributed by atoms with Crippen LogP contribution in [-0.2, 0) is 4.74 Å². The van der Waals surface area contributed by atoms with Gasteiger partial charge in [-0.15, -0.1) is 0 Å². The van der Waals surface area contributed by atoms with Gasteiger partial charge in [-0.3, -0.25) is 4.79 Å². The molecule has 4 fully saturated rings. The van der Waals surface area contributed by atoms with Crippen LogP contribution in [0.5, 0.6) is 5.75 Å². The number of para-hydroxylation sites is 1. The van der Waals surface area contributed by atoms with Crippen LogP contribution in [0.3, 0.4) is 0 Å². The monoisotopic (exact) mass is 805 g/mol. The van der Waals surface area contributed by atoms with Crippen molar-refractivity contribution < 1.29 is 19.0 Å². The highest BCUT2D eigenvalue weighted by molar-refractivity contribution is 5.96. The number of amides is 1. The average Bonchev–Trinajstić information content (AvgIpc) is 4.00. The number of benzene rings is 2. The number of hydrogen-bond acceptors (Lipinski definition) is 10. The van der Waals surface area contributed by atoms with Crippen molar-refractivity contribution in [1.29, 1.82) is 0 Å². The number of aromatic hydroxyl groups is 1. The van der Waals surface area contributed by atoms with Gasteiger partial charge in [-0.1, -0.05) is 18.2 Å². The van der Waals surface area contributed by atoms with E-state index >= 15 is 4.39 Å². The van der Waals surface area contributed by atoms with E-state index in [1.165, 1.54) is 23.8 Å². The van der Waals surface area contributed by atoms with E-state index in [1.54, 1.807) is 30.3 Å². The molecule has 1 saturated carbocycles. The van der Waals surface area contributed by atoms with Gasteiger partial charge in [0.05, 0.1) is 23.7 Å². The van der Waals surface area contributed by atoms with Crippen LogP contribution in [0.25, 0.3) is 16.7 Å². The first-order valence-electron chi connectivity index (χ1n) is 21.2. The van der Waals surface area contributed by atoms with Gasteiger partial charge in [0, 0.05) is 100 Å². The average molecular weight is 806 g/mol. The van der Waals surface area contributed by atoms with E-state index in [1.807, 2.05) is 51.0 Å². The highest BCUT2D eigenvalue weighted by Gasteiger charge is 2.39. The highest BCUT2D eigenvalue weighted by Crippen LogP contribution is 2.45. The maximum atomic E-state index is 16.5. The standard InChI is InChI=1S/C46H60FN9O3/c1-28-20-36(29(2)19-35(28)42-26-55(24-30(3)59-42)40(43(49)50)22-39(48)34-7-5-6-8-41(34)57)45(58)54-17-13-46(47,14-18-54)27-53-15-11-33(12-16-53)56-25-38(31-9-10-31)37-21-32(51-4)23-52-44(37)56/h5-8,19-23,25,30-31,33,42,51,57H,9-18,24,26-27,48-50H2,1-4H3/b39-22-. The molecule has 13 heteroatoms. The van der Waals surface area contributed by atoms with Crippen molar-refractivity contribution in [2.24, 2.45) is 17.2 Å². The number of alkyl halides is 1. The van der Waals surface area contributed by atoms with Crippen LogP contribution >= 0.6 is 0 Å². The Bertz CT molecular complexity index is 2260. The number of aromatic nitrogens is 2. The Morgan fingerprint density at radius 1 is 0.966 bits per heavy atom. The second-order valence-electron chi connectivity index (χ2n) is 17.4. The molecule has 3 saturated heterocycles. The second kappa shape index (κ2) is 16.4. The molecule has 0 bridgehead atoms. The van der Waals surface area contributed by atoms with Gasteiger partial charge in [-0.05, 0) is 105 Å². The molecule has 4 aromatic rings. The first-order valence-corrected chi connectivity index (χ1v) is 21.2. The van der Waals surface area contributed by atoms with Gasteiger partial charge in [0.15, 0.2) is 0 Å². The fourth-order valence-corrected chi connectivity index (χ4v) is 9.52. The number of morpholine rings is 1. The van der Waals surface area contributed by atoms with Crippen molar-refractivity contribution in [3.8, 4) is 5.75 Å². The molecule has 1 aliphatic carbocycles. The molecule has 5 heterocycles. The minimum atomic E-state index is -1.33. The summed E-state index contributed by atoms with van der Waals surface area (Å²) in [6, 6.07) is 13.4. The Morgan fingerprint density at radius 3 is 2.37 bits per heavy atom. The summed E-state index contributed by atoms with van der Waals surface area (Å²) in [6.45, 7) is 9.80. The predicted octanol–water partition coefficient (Wildman–Crippen LogP) is 6.41. The van der Waals surface area contributed by atoms with Crippen molar-refractivity contribution >= 4 is 28.3 Å². The van der Waals surface area contributed by atoms with Crippen molar-refractivity contribution in [1.82, 2.24) is 24.3 Å². The maximum absolute atomic E-state index is 16.5. The number of nitrogens with two attached hydrogens (primary N) is 3. The lowest BCUT2D eigenvalue weighted by molar-refractivity contribution is -0.0686. The quantitative estimate of drug-likeness (QED) is 0.113. The Hall–Kier alpha value is -5.27. The third kappa shape index (κ3) is 8.45. The number of allylic oxidation sites excluding steroid dienone is 1. The van der Waals surface area contributed by atoms with Crippen molar-refractivity contribution in [2.75, 3.05) is 58.2 Å². The number of nitrogens with one attached hydrogen (secondary N) is 1. The lowest BCUT2D eigenvalue weighted by Gasteiger charge is -2.41. The van der Waals surface area contributed by atoms with Crippen LogP contribution in [0.15, 0.2) is 72.5 Å². The molecule has 59 heavy (non-hydrogen) atoms. The van der Waals surface area contributed by atoms with Gasteiger partial charge in [0.25, 0.3) is 5.91 Å². The molecule has 2 unspecified atom stereocenters. The molecule has 2 aromatic carbocycles. The van der Waals surface area contributed by atoms with Crippen molar-refractivity contribution in [3.05, 3.63) is 106 Å². The number of piperidine rings is 2. The zero-order valence-electron chi connectivity index (χ0n) is 34.9. The van der Waals surface area contributed by atoms with E-state index < -0.39 is 5.67 Å². The number of nitrogens with zero attached hydrogens (tertiary/aromatic N) is 5. The molecule has 314 valence electrons. The Morgan fingerprint density at radius 2 is 1.69 bits per heavy atom. The zero-order valence-corrected chi connectivity index (χ0v) is 34.9. The molecule has 3 aliphatic heterocycles. The van der Waals surface area contributed by atoms with Crippen molar-refractivity contribution in [3.63, 3.8) is 0 Å². The Labute approximate surface area is 346 Å². The third-order valence-electron chi connectivity index (χ3n) is 13.0. The fraction of sp³-hybridized carbons (Fsp3) is 0.478. The number of hydrogen-bond donors (Lipinski definition) is 5. The molecule has 2 atom stereocenters. The molecule has 0 radical (unpaired) electrons. The number of halogens is 1. The fourth-order valence-electron chi connectivity index (χ4n) is 9.52. The first kappa shape index (κ1) is 40.5. The first-order chi connectivity index (χ1) is 28.3. The Kier molecular flexibility index (Phi) is 11.3. The molecular formula is C46H60FN9O3. The minimum absolute atomic E-state index is 0.0644. The van der Waals surface area contributed by atoms with Crippen LogP contribution in [-0.4, -0.2) is 99.9 Å². The zero-order chi connectivity index (χ0) is 41.6. The van der Waals surface area contributed by atoms with Crippen LogP contribution in [0.2, 0.25) is 0 Å². The lowest BCUT2D eigenvalue weighted by atomic mass is 9.90. The number of fused-ring (bicyclic) bond motifs is 1. The van der Waals surface area contributed by atoms with E-state index in [4.69, 9.17) is 26.9 Å². The van der Waals surface area contributed by atoms with Crippen LogP contribution in [0.1, 0.15) is 102 Å². The smallest absolute Gasteiger partial charge is 0.254 e. The number of phenols is 1. The van der Waals surface area contributed by atoms with Gasteiger partial charge < -0.3 is 51.6 Å². The molecule has 4 aliphatic rings. The molecule has 8 N–H and O–H groups in total. The molecular weight excluding hydrogens is 746 g/mol. The number of aryl methyl sites for hydroxylation is 2. The number of likely N-dealkylation sites (tertiary alicyclic amines) is 2. The summed E-state index contributed by atoms with van der Waals surface area (Å²) in [4.78, 5) is 25.0. The predicted molar refractivity (Wildman–Crippen MR) is 231 cm³/mol. The molecule has 8 rings (SSSR count). The van der Waals surface area contributed by atoms with Crippen LogP contribution in [0.4, 0.5) is 10.1 Å². The lowest BCUT2D eigenvalue weighted by Crippen LogP contribution is -2.51. The van der Waals surface area contributed by atoms with E-state index in [9.17, 15) is 9.90 Å².